The van der Waals surface area contributed by atoms with Gasteiger partial charge >= 0.3 is 0 Å². The standard InChI is InChI=1S/C33H56N2/c1-3-5-7-8-9-11-27-12-16-28(17-13-27)29-20-22-30(23-21-29)32-24-34-33(35-25-32)31-18-14-26(15-19-31)10-6-4-2/h24-31H,3-23H2,1-2H3/t26-,27-,28-,29-,30-,31-. The Labute approximate surface area is 217 Å². The lowest BCUT2D eigenvalue weighted by Crippen LogP contribution is -2.25. The van der Waals surface area contributed by atoms with Crippen LogP contribution in [-0.2, 0) is 0 Å². The highest BCUT2D eigenvalue weighted by molar-refractivity contribution is 5.14. The number of hydrogen-bond donors (Lipinski definition) is 0. The lowest BCUT2D eigenvalue weighted by Gasteiger charge is -2.38. The summed E-state index contributed by atoms with van der Waals surface area (Å²) in [7, 11) is 0. The number of rotatable bonds is 12. The molecule has 0 aromatic carbocycles. The van der Waals surface area contributed by atoms with Gasteiger partial charge in [-0.25, -0.2) is 9.97 Å². The molecule has 2 heteroatoms. The number of aromatic nitrogens is 2. The molecule has 3 fully saturated rings. The molecule has 3 saturated carbocycles. The van der Waals surface area contributed by atoms with E-state index in [-0.39, 0.29) is 0 Å². The van der Waals surface area contributed by atoms with Gasteiger partial charge in [-0.05, 0) is 99.4 Å². The normalized spacial score (nSPS) is 31.9. The summed E-state index contributed by atoms with van der Waals surface area (Å²) < 4.78 is 0. The molecule has 0 radical (unpaired) electrons. The predicted molar refractivity (Wildman–Crippen MR) is 150 cm³/mol. The Morgan fingerprint density at radius 2 is 1.03 bits per heavy atom. The molecule has 0 atom stereocenters. The van der Waals surface area contributed by atoms with Gasteiger partial charge in [0.2, 0.25) is 0 Å². The van der Waals surface area contributed by atoms with Crippen molar-refractivity contribution in [2.75, 3.05) is 0 Å². The molecule has 198 valence electrons. The summed E-state index contributed by atoms with van der Waals surface area (Å²) in [6.45, 7) is 4.63. The van der Waals surface area contributed by atoms with E-state index in [1.54, 1.807) is 0 Å². The molecule has 2 nitrogen and oxygen atoms in total. The molecular formula is C33H56N2. The average Bonchev–Trinajstić information content (AvgIpc) is 2.93. The highest BCUT2D eigenvalue weighted by Gasteiger charge is 2.31. The van der Waals surface area contributed by atoms with Gasteiger partial charge in [-0.1, -0.05) is 84.5 Å². The maximum Gasteiger partial charge on any atom is 0.131 e. The third kappa shape index (κ3) is 8.29. The first kappa shape index (κ1) is 27.1. The molecule has 0 spiro atoms. The molecule has 1 heterocycles. The topological polar surface area (TPSA) is 25.8 Å². The van der Waals surface area contributed by atoms with Gasteiger partial charge in [0.25, 0.3) is 0 Å². The van der Waals surface area contributed by atoms with Gasteiger partial charge in [0.05, 0.1) is 0 Å². The molecule has 1 aromatic heterocycles. The van der Waals surface area contributed by atoms with E-state index >= 15 is 0 Å². The highest BCUT2D eigenvalue weighted by Crippen LogP contribution is 2.44. The maximum atomic E-state index is 4.91. The lowest BCUT2D eigenvalue weighted by atomic mass is 9.68. The molecule has 3 aliphatic carbocycles. The van der Waals surface area contributed by atoms with E-state index in [1.807, 2.05) is 0 Å². The van der Waals surface area contributed by atoms with Crippen LogP contribution in [0.3, 0.4) is 0 Å². The zero-order valence-electron chi connectivity index (χ0n) is 23.4. The van der Waals surface area contributed by atoms with E-state index in [0.29, 0.717) is 11.8 Å². The van der Waals surface area contributed by atoms with Crippen LogP contribution in [0.4, 0.5) is 0 Å². The summed E-state index contributed by atoms with van der Waals surface area (Å²) in [4.78, 5) is 9.82. The Hall–Kier alpha value is -0.920. The van der Waals surface area contributed by atoms with Gasteiger partial charge in [0, 0.05) is 18.3 Å². The summed E-state index contributed by atoms with van der Waals surface area (Å²) in [6.07, 6.45) is 34.4. The molecule has 0 bridgehead atoms. The third-order valence-electron chi connectivity index (χ3n) is 10.4. The first-order valence-corrected chi connectivity index (χ1v) is 16.1. The summed E-state index contributed by atoms with van der Waals surface area (Å²) >= 11 is 0. The van der Waals surface area contributed by atoms with Crippen LogP contribution in [0.15, 0.2) is 12.4 Å². The van der Waals surface area contributed by atoms with Crippen molar-refractivity contribution in [3.05, 3.63) is 23.8 Å². The van der Waals surface area contributed by atoms with Crippen molar-refractivity contribution >= 4 is 0 Å². The SMILES string of the molecule is CCCCCCC[C@H]1CC[C@H]([C@H]2CC[C@H](c3cnc([C@H]4CC[C@H](CCCC)CC4)nc3)CC2)CC1. The Morgan fingerprint density at radius 1 is 0.543 bits per heavy atom. The van der Waals surface area contributed by atoms with E-state index in [0.717, 1.165) is 29.5 Å². The summed E-state index contributed by atoms with van der Waals surface area (Å²) in [5, 5.41) is 0. The van der Waals surface area contributed by atoms with Crippen LogP contribution < -0.4 is 0 Å². The Balaban J connectivity index is 1.14. The smallest absolute Gasteiger partial charge is 0.131 e. The minimum Gasteiger partial charge on any atom is -0.241 e. The number of unbranched alkanes of at least 4 members (excludes halogenated alkanes) is 5. The quantitative estimate of drug-likeness (QED) is 0.278. The molecule has 4 rings (SSSR count). The van der Waals surface area contributed by atoms with E-state index in [9.17, 15) is 0 Å². The zero-order chi connectivity index (χ0) is 24.3. The largest absolute Gasteiger partial charge is 0.241 e. The minimum atomic E-state index is 0.615. The molecule has 0 saturated heterocycles. The van der Waals surface area contributed by atoms with Gasteiger partial charge in [-0.15, -0.1) is 0 Å². The first-order valence-electron chi connectivity index (χ1n) is 16.1. The van der Waals surface area contributed by atoms with Crippen molar-refractivity contribution in [2.24, 2.45) is 23.7 Å². The minimum absolute atomic E-state index is 0.615. The fraction of sp³-hybridized carbons (Fsp3) is 0.879. The predicted octanol–water partition coefficient (Wildman–Crippen LogP) is 10.4. The average molecular weight is 481 g/mol. The van der Waals surface area contributed by atoms with Crippen molar-refractivity contribution in [3.8, 4) is 0 Å². The van der Waals surface area contributed by atoms with Crippen molar-refractivity contribution in [1.82, 2.24) is 9.97 Å². The van der Waals surface area contributed by atoms with Crippen molar-refractivity contribution < 1.29 is 0 Å². The van der Waals surface area contributed by atoms with Crippen LogP contribution in [-0.4, -0.2) is 9.97 Å². The molecule has 0 unspecified atom stereocenters. The van der Waals surface area contributed by atoms with E-state index in [1.165, 1.54) is 140 Å². The second kappa shape index (κ2) is 14.7. The van der Waals surface area contributed by atoms with Gasteiger partial charge in [0.15, 0.2) is 0 Å². The zero-order valence-corrected chi connectivity index (χ0v) is 23.4. The van der Waals surface area contributed by atoms with Gasteiger partial charge in [-0.2, -0.15) is 0 Å². The monoisotopic (exact) mass is 480 g/mol. The molecule has 35 heavy (non-hydrogen) atoms. The third-order valence-corrected chi connectivity index (χ3v) is 10.4. The molecule has 1 aromatic rings. The molecule has 0 aliphatic heterocycles. The number of nitrogens with zero attached hydrogens (tertiary/aromatic N) is 2. The second-order valence-electron chi connectivity index (χ2n) is 12.8. The maximum absolute atomic E-state index is 4.91. The molecule has 3 aliphatic rings. The van der Waals surface area contributed by atoms with Gasteiger partial charge < -0.3 is 0 Å². The van der Waals surface area contributed by atoms with Crippen LogP contribution in [0.1, 0.15) is 172 Å². The summed E-state index contributed by atoms with van der Waals surface area (Å²) in [5.74, 6) is 6.50. The summed E-state index contributed by atoms with van der Waals surface area (Å²) in [6, 6.07) is 0. The fourth-order valence-electron chi connectivity index (χ4n) is 7.88. The molecular weight excluding hydrogens is 424 g/mol. The van der Waals surface area contributed by atoms with Crippen LogP contribution >= 0.6 is 0 Å². The Bertz CT molecular complexity index is 674. The van der Waals surface area contributed by atoms with Crippen molar-refractivity contribution in [2.45, 2.75) is 161 Å². The van der Waals surface area contributed by atoms with Gasteiger partial charge in [0.1, 0.15) is 5.82 Å². The molecule has 0 N–H and O–H groups in total. The second-order valence-corrected chi connectivity index (χ2v) is 12.8. The van der Waals surface area contributed by atoms with Crippen LogP contribution in [0, 0.1) is 23.7 Å². The number of hydrogen-bond acceptors (Lipinski definition) is 2. The Kier molecular flexibility index (Phi) is 11.4. The van der Waals surface area contributed by atoms with Gasteiger partial charge in [-0.3, -0.25) is 0 Å². The van der Waals surface area contributed by atoms with Crippen molar-refractivity contribution in [1.29, 1.82) is 0 Å². The summed E-state index contributed by atoms with van der Waals surface area (Å²) in [5.41, 5.74) is 1.43. The lowest BCUT2D eigenvalue weighted by molar-refractivity contribution is 0.155. The van der Waals surface area contributed by atoms with E-state index in [2.05, 4.69) is 26.2 Å². The van der Waals surface area contributed by atoms with Crippen LogP contribution in [0.2, 0.25) is 0 Å². The van der Waals surface area contributed by atoms with E-state index < -0.39 is 0 Å². The van der Waals surface area contributed by atoms with E-state index in [4.69, 9.17) is 9.97 Å². The Morgan fingerprint density at radius 3 is 1.63 bits per heavy atom. The van der Waals surface area contributed by atoms with Crippen LogP contribution in [0.5, 0.6) is 0 Å². The molecule has 0 amide bonds. The first-order chi connectivity index (χ1) is 17.3. The fourth-order valence-corrected chi connectivity index (χ4v) is 7.88. The van der Waals surface area contributed by atoms with Crippen molar-refractivity contribution in [3.63, 3.8) is 0 Å². The van der Waals surface area contributed by atoms with Crippen LogP contribution in [0.25, 0.3) is 0 Å². The highest BCUT2D eigenvalue weighted by atomic mass is 14.9.